The molecule has 1 heterocycles. The van der Waals surface area contributed by atoms with Crippen molar-refractivity contribution in [2.24, 2.45) is 0 Å². The number of hydrogen-bond donors (Lipinski definition) is 2. The lowest BCUT2D eigenvalue weighted by Crippen LogP contribution is -2.36. The molecule has 4 rings (SSSR count). The topological polar surface area (TPSA) is 53.1 Å². The molecule has 3 aromatic rings. The highest BCUT2D eigenvalue weighted by Crippen LogP contribution is 2.24. The highest BCUT2D eigenvalue weighted by atomic mass is 15.2. The molecule has 0 spiro atoms. The molecule has 0 atom stereocenters. The van der Waals surface area contributed by atoms with E-state index in [2.05, 4.69) is 75.2 Å². The number of hydrogen-bond acceptors (Lipinski definition) is 5. The Bertz CT molecular complexity index is 961. The van der Waals surface area contributed by atoms with Crippen molar-refractivity contribution in [3.8, 4) is 11.1 Å². The molecule has 2 aromatic carbocycles. The molecule has 5 heteroatoms. The zero-order valence-electron chi connectivity index (χ0n) is 18.8. The van der Waals surface area contributed by atoms with Crippen molar-refractivity contribution in [1.29, 1.82) is 0 Å². The van der Waals surface area contributed by atoms with E-state index in [0.717, 1.165) is 36.8 Å². The molecule has 162 valence electrons. The molecule has 31 heavy (non-hydrogen) atoms. The summed E-state index contributed by atoms with van der Waals surface area (Å²) in [6, 6.07) is 22.6. The van der Waals surface area contributed by atoms with E-state index < -0.39 is 0 Å². The molecule has 0 aliphatic heterocycles. The summed E-state index contributed by atoms with van der Waals surface area (Å²) in [6.45, 7) is 2.88. The summed E-state index contributed by atoms with van der Waals surface area (Å²) in [5, 5.41) is 7.38. The number of benzene rings is 2. The van der Waals surface area contributed by atoms with Crippen molar-refractivity contribution in [2.75, 3.05) is 24.3 Å². The molecule has 5 nitrogen and oxygen atoms in total. The van der Waals surface area contributed by atoms with Crippen LogP contribution in [0.3, 0.4) is 0 Å². The molecule has 0 radical (unpaired) electrons. The van der Waals surface area contributed by atoms with Crippen LogP contribution in [0.2, 0.25) is 0 Å². The van der Waals surface area contributed by atoms with E-state index in [1.54, 1.807) is 0 Å². The molecule has 1 aliphatic rings. The second-order valence-electron chi connectivity index (χ2n) is 8.69. The molecule has 1 aromatic heterocycles. The predicted octanol–water partition coefficient (Wildman–Crippen LogP) is 5.03. The molecular weight excluding hydrogens is 382 g/mol. The van der Waals surface area contributed by atoms with Gasteiger partial charge in [-0.2, -0.15) is 0 Å². The van der Waals surface area contributed by atoms with Crippen LogP contribution in [-0.4, -0.2) is 36.1 Å². The summed E-state index contributed by atoms with van der Waals surface area (Å²) in [6.07, 6.45) is 4.69. The van der Waals surface area contributed by atoms with Gasteiger partial charge in [0.05, 0.1) is 0 Å². The van der Waals surface area contributed by atoms with Crippen LogP contribution < -0.4 is 15.5 Å². The minimum Gasteiger partial charge on any atom is -0.367 e. The minimum absolute atomic E-state index is 0.479. The van der Waals surface area contributed by atoms with Gasteiger partial charge in [-0.05, 0) is 49.3 Å². The SMILES string of the molecule is Cc1nc(NC2CCC(NCc3ccc(-c4ccccc4)cc3)CC2)cc(N(C)C)n1. The lowest BCUT2D eigenvalue weighted by Gasteiger charge is -2.30. The summed E-state index contributed by atoms with van der Waals surface area (Å²) < 4.78 is 0. The van der Waals surface area contributed by atoms with Crippen LogP contribution in [0.5, 0.6) is 0 Å². The Morgan fingerprint density at radius 1 is 0.839 bits per heavy atom. The first-order valence-electron chi connectivity index (χ1n) is 11.2. The van der Waals surface area contributed by atoms with Gasteiger partial charge in [0.15, 0.2) is 0 Å². The lowest BCUT2D eigenvalue weighted by molar-refractivity contribution is 0.352. The van der Waals surface area contributed by atoms with Gasteiger partial charge in [-0.3, -0.25) is 0 Å². The third-order valence-corrected chi connectivity index (χ3v) is 6.02. The van der Waals surface area contributed by atoms with Crippen LogP contribution in [0, 0.1) is 6.92 Å². The Labute approximate surface area is 185 Å². The summed E-state index contributed by atoms with van der Waals surface area (Å²) in [4.78, 5) is 11.1. The van der Waals surface area contributed by atoms with Crippen molar-refractivity contribution in [3.05, 3.63) is 72.1 Å². The van der Waals surface area contributed by atoms with Crippen molar-refractivity contribution >= 4 is 11.6 Å². The molecular formula is C26H33N5. The smallest absolute Gasteiger partial charge is 0.133 e. The Hall–Kier alpha value is -2.92. The number of nitrogens with zero attached hydrogens (tertiary/aromatic N) is 3. The molecule has 1 fully saturated rings. The van der Waals surface area contributed by atoms with E-state index >= 15 is 0 Å². The summed E-state index contributed by atoms with van der Waals surface area (Å²) in [5.74, 6) is 2.69. The predicted molar refractivity (Wildman–Crippen MR) is 129 cm³/mol. The van der Waals surface area contributed by atoms with Gasteiger partial charge in [0.1, 0.15) is 17.5 Å². The average Bonchev–Trinajstić information content (AvgIpc) is 2.79. The van der Waals surface area contributed by atoms with Crippen LogP contribution in [0.4, 0.5) is 11.6 Å². The number of nitrogens with one attached hydrogen (secondary N) is 2. The highest BCUT2D eigenvalue weighted by Gasteiger charge is 2.21. The number of rotatable bonds is 7. The number of aryl methyl sites for hydroxylation is 1. The van der Waals surface area contributed by atoms with Crippen LogP contribution in [0.25, 0.3) is 11.1 Å². The Kier molecular flexibility index (Phi) is 6.82. The first-order chi connectivity index (χ1) is 15.1. The van der Waals surface area contributed by atoms with E-state index in [9.17, 15) is 0 Å². The summed E-state index contributed by atoms with van der Waals surface area (Å²) >= 11 is 0. The van der Waals surface area contributed by atoms with Gasteiger partial charge >= 0.3 is 0 Å². The summed E-state index contributed by atoms with van der Waals surface area (Å²) in [7, 11) is 4.02. The molecule has 2 N–H and O–H groups in total. The van der Waals surface area contributed by atoms with E-state index in [1.165, 1.54) is 29.5 Å². The van der Waals surface area contributed by atoms with E-state index in [1.807, 2.05) is 32.0 Å². The van der Waals surface area contributed by atoms with E-state index in [-0.39, 0.29) is 0 Å². The monoisotopic (exact) mass is 415 g/mol. The molecule has 0 bridgehead atoms. The maximum absolute atomic E-state index is 4.57. The average molecular weight is 416 g/mol. The molecule has 0 unspecified atom stereocenters. The third-order valence-electron chi connectivity index (χ3n) is 6.02. The van der Waals surface area contributed by atoms with Crippen LogP contribution >= 0.6 is 0 Å². The lowest BCUT2D eigenvalue weighted by atomic mass is 9.91. The van der Waals surface area contributed by atoms with Crippen molar-refractivity contribution in [1.82, 2.24) is 15.3 Å². The van der Waals surface area contributed by atoms with Gasteiger partial charge in [-0.1, -0.05) is 54.6 Å². The highest BCUT2D eigenvalue weighted by molar-refractivity contribution is 5.63. The van der Waals surface area contributed by atoms with Crippen molar-refractivity contribution in [3.63, 3.8) is 0 Å². The van der Waals surface area contributed by atoms with Gasteiger partial charge in [-0.15, -0.1) is 0 Å². The van der Waals surface area contributed by atoms with Crippen molar-refractivity contribution in [2.45, 2.75) is 51.2 Å². The largest absolute Gasteiger partial charge is 0.367 e. The molecule has 1 saturated carbocycles. The van der Waals surface area contributed by atoms with Gasteiger partial charge in [0.25, 0.3) is 0 Å². The van der Waals surface area contributed by atoms with Crippen LogP contribution in [0.15, 0.2) is 60.7 Å². The zero-order chi connectivity index (χ0) is 21.6. The van der Waals surface area contributed by atoms with Crippen molar-refractivity contribution < 1.29 is 0 Å². The van der Waals surface area contributed by atoms with Crippen LogP contribution in [-0.2, 0) is 6.54 Å². The summed E-state index contributed by atoms with van der Waals surface area (Å²) in [5.41, 5.74) is 3.88. The first-order valence-corrected chi connectivity index (χ1v) is 11.2. The maximum Gasteiger partial charge on any atom is 0.133 e. The fourth-order valence-corrected chi connectivity index (χ4v) is 4.21. The molecule has 0 amide bonds. The van der Waals surface area contributed by atoms with Gasteiger partial charge in [-0.25, -0.2) is 9.97 Å². The van der Waals surface area contributed by atoms with Gasteiger partial charge < -0.3 is 15.5 Å². The first kappa shape index (κ1) is 21.3. The second kappa shape index (κ2) is 9.92. The number of anilines is 2. The Balaban J connectivity index is 1.24. The Morgan fingerprint density at radius 3 is 2.16 bits per heavy atom. The molecule has 0 saturated heterocycles. The molecule has 1 aliphatic carbocycles. The van der Waals surface area contributed by atoms with E-state index in [4.69, 9.17) is 0 Å². The number of aromatic nitrogens is 2. The third kappa shape index (κ3) is 5.82. The second-order valence-corrected chi connectivity index (χ2v) is 8.69. The fraction of sp³-hybridized carbons (Fsp3) is 0.385. The van der Waals surface area contributed by atoms with Crippen LogP contribution in [0.1, 0.15) is 37.1 Å². The minimum atomic E-state index is 0.479. The Morgan fingerprint density at radius 2 is 1.48 bits per heavy atom. The normalized spacial score (nSPS) is 18.5. The van der Waals surface area contributed by atoms with Gasteiger partial charge in [0, 0.05) is 38.8 Å². The quantitative estimate of drug-likeness (QED) is 0.567. The van der Waals surface area contributed by atoms with E-state index in [0.29, 0.717) is 12.1 Å². The van der Waals surface area contributed by atoms with Gasteiger partial charge in [0.2, 0.25) is 0 Å². The zero-order valence-corrected chi connectivity index (χ0v) is 18.8. The maximum atomic E-state index is 4.57. The standard InChI is InChI=1S/C26H33N5/c1-19-28-25(17-26(29-19)31(2)3)30-24-15-13-23(14-16-24)27-18-20-9-11-22(12-10-20)21-7-5-4-6-8-21/h4-12,17,23-24,27H,13-16,18H2,1-3H3,(H,28,29,30). The fourth-order valence-electron chi connectivity index (χ4n) is 4.21.